The van der Waals surface area contributed by atoms with E-state index in [1.807, 2.05) is 41.8 Å². The number of hydrogen-bond donors (Lipinski definition) is 0. The Balaban J connectivity index is 1.93. The molecular formula is C13H9N3OS. The van der Waals surface area contributed by atoms with Crippen LogP contribution in [0, 0.1) is 0 Å². The standard InChI is InChI=1S/C13H9N3OS/c17-13(12-7-4-8-18-12)11-9-16(15-14-11)10-5-2-1-3-6-10/h1-9H. The lowest BCUT2D eigenvalue weighted by Crippen LogP contribution is -1.98. The van der Waals surface area contributed by atoms with Gasteiger partial charge in [-0.15, -0.1) is 16.4 Å². The Morgan fingerprint density at radius 2 is 1.94 bits per heavy atom. The molecule has 0 bridgehead atoms. The first-order chi connectivity index (χ1) is 8.84. The first-order valence-corrected chi connectivity index (χ1v) is 6.28. The molecule has 0 aliphatic rings. The Hall–Kier alpha value is -2.27. The van der Waals surface area contributed by atoms with Gasteiger partial charge >= 0.3 is 0 Å². The lowest BCUT2D eigenvalue weighted by atomic mass is 10.2. The SMILES string of the molecule is O=C(c1cn(-c2ccccc2)nn1)c1cccs1. The van der Waals surface area contributed by atoms with Crippen LogP contribution in [-0.4, -0.2) is 20.8 Å². The highest BCUT2D eigenvalue weighted by Crippen LogP contribution is 2.14. The third kappa shape index (κ3) is 1.96. The predicted octanol–water partition coefficient (Wildman–Crippen LogP) is 2.56. The van der Waals surface area contributed by atoms with E-state index >= 15 is 0 Å². The Kier molecular flexibility index (Phi) is 2.74. The van der Waals surface area contributed by atoms with E-state index in [1.165, 1.54) is 11.3 Å². The lowest BCUT2D eigenvalue weighted by molar-refractivity contribution is 0.103. The van der Waals surface area contributed by atoms with Crippen LogP contribution in [0.15, 0.2) is 54.0 Å². The summed E-state index contributed by atoms with van der Waals surface area (Å²) in [5.74, 6) is -0.0906. The second kappa shape index (κ2) is 4.54. The molecule has 18 heavy (non-hydrogen) atoms. The van der Waals surface area contributed by atoms with Gasteiger partial charge in [-0.25, -0.2) is 4.68 Å². The third-order valence-electron chi connectivity index (χ3n) is 2.49. The van der Waals surface area contributed by atoms with Crippen molar-refractivity contribution < 1.29 is 4.79 Å². The van der Waals surface area contributed by atoms with Crippen LogP contribution < -0.4 is 0 Å². The van der Waals surface area contributed by atoms with Crippen molar-refractivity contribution in [3.8, 4) is 5.69 Å². The smallest absolute Gasteiger partial charge is 0.224 e. The van der Waals surface area contributed by atoms with Gasteiger partial charge in [0.2, 0.25) is 5.78 Å². The number of carbonyl (C=O) groups is 1. The third-order valence-corrected chi connectivity index (χ3v) is 3.36. The topological polar surface area (TPSA) is 47.8 Å². The van der Waals surface area contributed by atoms with Crippen LogP contribution >= 0.6 is 11.3 Å². The van der Waals surface area contributed by atoms with Crippen LogP contribution in [0.25, 0.3) is 5.69 Å². The molecule has 0 aliphatic carbocycles. The number of para-hydroxylation sites is 1. The van der Waals surface area contributed by atoms with Crippen LogP contribution in [0.3, 0.4) is 0 Å². The molecule has 88 valence electrons. The Labute approximate surface area is 108 Å². The summed E-state index contributed by atoms with van der Waals surface area (Å²) >= 11 is 1.40. The maximum atomic E-state index is 12.0. The summed E-state index contributed by atoms with van der Waals surface area (Å²) in [5.41, 5.74) is 1.25. The van der Waals surface area contributed by atoms with Gasteiger partial charge in [0.15, 0.2) is 5.69 Å². The number of carbonyl (C=O) groups excluding carboxylic acids is 1. The van der Waals surface area contributed by atoms with Gasteiger partial charge in [-0.2, -0.15) is 0 Å². The molecule has 0 saturated heterocycles. The molecule has 3 aromatic rings. The molecule has 2 aromatic heterocycles. The number of hydrogen-bond acceptors (Lipinski definition) is 4. The van der Waals surface area contributed by atoms with Crippen LogP contribution in [0.5, 0.6) is 0 Å². The zero-order valence-corrected chi connectivity index (χ0v) is 10.2. The van der Waals surface area contributed by atoms with Crippen LogP contribution in [-0.2, 0) is 0 Å². The summed E-state index contributed by atoms with van der Waals surface area (Å²) in [5, 5.41) is 9.76. The van der Waals surface area contributed by atoms with Crippen molar-refractivity contribution in [2.24, 2.45) is 0 Å². The summed E-state index contributed by atoms with van der Waals surface area (Å²) in [6.07, 6.45) is 1.65. The van der Waals surface area contributed by atoms with Gasteiger partial charge in [0.25, 0.3) is 0 Å². The van der Waals surface area contributed by atoms with Crippen molar-refractivity contribution >= 4 is 17.1 Å². The highest BCUT2D eigenvalue weighted by atomic mass is 32.1. The summed E-state index contributed by atoms with van der Waals surface area (Å²) < 4.78 is 1.60. The van der Waals surface area contributed by atoms with Gasteiger partial charge < -0.3 is 0 Å². The number of thiophene rings is 1. The average Bonchev–Trinajstić information content (AvgIpc) is 3.10. The summed E-state index contributed by atoms with van der Waals surface area (Å²) in [6, 6.07) is 13.2. The van der Waals surface area contributed by atoms with E-state index in [2.05, 4.69) is 10.3 Å². The van der Waals surface area contributed by atoms with Gasteiger partial charge in [-0.1, -0.05) is 29.5 Å². The molecule has 0 saturated carbocycles. The number of aromatic nitrogens is 3. The largest absolute Gasteiger partial charge is 0.286 e. The fraction of sp³-hybridized carbons (Fsp3) is 0. The molecule has 5 heteroatoms. The summed E-state index contributed by atoms with van der Waals surface area (Å²) in [6.45, 7) is 0. The van der Waals surface area contributed by atoms with Crippen LogP contribution in [0.1, 0.15) is 15.4 Å². The molecule has 0 aliphatic heterocycles. The maximum absolute atomic E-state index is 12.0. The van der Waals surface area contributed by atoms with Gasteiger partial charge in [-0.05, 0) is 23.6 Å². The van der Waals surface area contributed by atoms with Crippen molar-refractivity contribution in [3.63, 3.8) is 0 Å². The maximum Gasteiger partial charge on any atom is 0.224 e. The minimum absolute atomic E-state index is 0.0906. The first-order valence-electron chi connectivity index (χ1n) is 5.40. The molecule has 0 fully saturated rings. The minimum atomic E-state index is -0.0906. The number of ketones is 1. The van der Waals surface area contributed by atoms with E-state index in [4.69, 9.17) is 0 Å². The zero-order valence-electron chi connectivity index (χ0n) is 9.35. The highest BCUT2D eigenvalue weighted by molar-refractivity contribution is 7.12. The van der Waals surface area contributed by atoms with E-state index in [1.54, 1.807) is 16.9 Å². The van der Waals surface area contributed by atoms with Gasteiger partial charge in [-0.3, -0.25) is 4.79 Å². The minimum Gasteiger partial charge on any atom is -0.286 e. The number of benzene rings is 1. The molecule has 0 radical (unpaired) electrons. The monoisotopic (exact) mass is 255 g/mol. The first kappa shape index (κ1) is 10.9. The van der Waals surface area contributed by atoms with Crippen molar-refractivity contribution in [2.45, 2.75) is 0 Å². The molecule has 3 rings (SSSR count). The van der Waals surface area contributed by atoms with Crippen LogP contribution in [0.4, 0.5) is 0 Å². The average molecular weight is 255 g/mol. The summed E-state index contributed by atoms with van der Waals surface area (Å²) in [7, 11) is 0. The normalized spacial score (nSPS) is 10.4. The highest BCUT2D eigenvalue weighted by Gasteiger charge is 2.14. The Bertz CT molecular complexity index is 659. The molecule has 0 spiro atoms. The predicted molar refractivity (Wildman–Crippen MR) is 69.1 cm³/mol. The Morgan fingerprint density at radius 3 is 2.67 bits per heavy atom. The fourth-order valence-electron chi connectivity index (χ4n) is 1.61. The van der Waals surface area contributed by atoms with Crippen molar-refractivity contribution in [1.29, 1.82) is 0 Å². The number of rotatable bonds is 3. The van der Waals surface area contributed by atoms with Gasteiger partial charge in [0, 0.05) is 0 Å². The molecule has 0 amide bonds. The second-order valence-electron chi connectivity index (χ2n) is 3.69. The van der Waals surface area contributed by atoms with E-state index in [9.17, 15) is 4.79 Å². The van der Waals surface area contributed by atoms with Gasteiger partial charge in [0.05, 0.1) is 16.8 Å². The van der Waals surface area contributed by atoms with E-state index in [0.29, 0.717) is 10.6 Å². The van der Waals surface area contributed by atoms with Crippen molar-refractivity contribution in [3.05, 3.63) is 64.6 Å². The van der Waals surface area contributed by atoms with E-state index in [-0.39, 0.29) is 5.78 Å². The number of nitrogens with zero attached hydrogens (tertiary/aromatic N) is 3. The molecule has 0 unspecified atom stereocenters. The van der Waals surface area contributed by atoms with Crippen molar-refractivity contribution in [1.82, 2.24) is 15.0 Å². The lowest BCUT2D eigenvalue weighted by Gasteiger charge is -1.96. The zero-order chi connectivity index (χ0) is 12.4. The quantitative estimate of drug-likeness (QED) is 0.676. The molecule has 2 heterocycles. The van der Waals surface area contributed by atoms with Gasteiger partial charge in [0.1, 0.15) is 0 Å². The van der Waals surface area contributed by atoms with E-state index < -0.39 is 0 Å². The Morgan fingerprint density at radius 1 is 1.11 bits per heavy atom. The summed E-state index contributed by atoms with van der Waals surface area (Å²) in [4.78, 5) is 12.7. The molecular weight excluding hydrogens is 246 g/mol. The second-order valence-corrected chi connectivity index (χ2v) is 4.64. The molecule has 0 N–H and O–H groups in total. The van der Waals surface area contributed by atoms with Crippen LogP contribution in [0.2, 0.25) is 0 Å². The molecule has 1 aromatic carbocycles. The molecule has 4 nitrogen and oxygen atoms in total. The molecule has 0 atom stereocenters. The van der Waals surface area contributed by atoms with Crippen molar-refractivity contribution in [2.75, 3.05) is 0 Å². The fourth-order valence-corrected chi connectivity index (χ4v) is 2.28. The van der Waals surface area contributed by atoms with E-state index in [0.717, 1.165) is 5.69 Å².